The van der Waals surface area contributed by atoms with E-state index in [0.717, 1.165) is 34.3 Å². The minimum atomic E-state index is -0.0513. The number of carbonyl (C=O) groups is 1. The van der Waals surface area contributed by atoms with Gasteiger partial charge in [0.15, 0.2) is 0 Å². The molecule has 0 aliphatic carbocycles. The molecule has 0 spiro atoms. The van der Waals surface area contributed by atoms with Crippen molar-refractivity contribution in [2.75, 3.05) is 0 Å². The van der Waals surface area contributed by atoms with E-state index in [1.165, 1.54) is 0 Å². The van der Waals surface area contributed by atoms with Crippen molar-refractivity contribution in [3.8, 4) is 16.9 Å². The Bertz CT molecular complexity index is 890. The summed E-state index contributed by atoms with van der Waals surface area (Å²) in [5, 5.41) is 0. The molecule has 0 bridgehead atoms. The summed E-state index contributed by atoms with van der Waals surface area (Å²) < 4.78 is 6.32. The van der Waals surface area contributed by atoms with Crippen LogP contribution in [-0.4, -0.2) is 6.29 Å². The van der Waals surface area contributed by atoms with Gasteiger partial charge in [-0.3, -0.25) is 4.79 Å². The highest BCUT2D eigenvalue weighted by Crippen LogP contribution is 2.39. The maximum atomic E-state index is 11.2. The molecule has 0 aliphatic rings. The number of hydrogen-bond acceptors (Lipinski definition) is 2. The van der Waals surface area contributed by atoms with Crippen molar-refractivity contribution in [1.29, 1.82) is 0 Å². The van der Waals surface area contributed by atoms with Gasteiger partial charge in [0.25, 0.3) is 0 Å². The quantitative estimate of drug-likeness (QED) is 0.527. The largest absolute Gasteiger partial charge is 0.488 e. The van der Waals surface area contributed by atoms with Gasteiger partial charge in [-0.1, -0.05) is 87.5 Å². The average Bonchev–Trinajstić information content (AvgIpc) is 2.66. The zero-order valence-corrected chi connectivity index (χ0v) is 15.5. The minimum Gasteiger partial charge on any atom is -0.488 e. The Balaban J connectivity index is 2.07. The van der Waals surface area contributed by atoms with Crippen LogP contribution in [0.2, 0.25) is 0 Å². The van der Waals surface area contributed by atoms with E-state index in [4.69, 9.17) is 4.74 Å². The second-order valence-electron chi connectivity index (χ2n) is 7.45. The van der Waals surface area contributed by atoms with E-state index in [2.05, 4.69) is 51.1 Å². The zero-order valence-electron chi connectivity index (χ0n) is 15.5. The van der Waals surface area contributed by atoms with Crippen molar-refractivity contribution in [1.82, 2.24) is 0 Å². The molecule has 0 radical (unpaired) electrons. The third-order valence-corrected chi connectivity index (χ3v) is 4.38. The molecule has 0 aliphatic heterocycles. The predicted molar refractivity (Wildman–Crippen MR) is 107 cm³/mol. The molecule has 0 atom stereocenters. The van der Waals surface area contributed by atoms with Gasteiger partial charge in [0.1, 0.15) is 18.6 Å². The fraction of sp³-hybridized carbons (Fsp3) is 0.208. The molecule has 0 amide bonds. The maximum absolute atomic E-state index is 11.2. The lowest BCUT2D eigenvalue weighted by atomic mass is 9.84. The summed E-state index contributed by atoms with van der Waals surface area (Å²) in [6.45, 7) is 7.06. The lowest BCUT2D eigenvalue weighted by molar-refractivity contribution is 0.112. The number of aldehydes is 1. The van der Waals surface area contributed by atoms with Gasteiger partial charge in [-0.05, 0) is 22.6 Å². The standard InChI is InChI=1S/C24H24O2/c1-24(2,3)22-14-8-13-21(20-12-7-11-19(15-20)16-25)23(22)26-17-18-9-5-4-6-10-18/h4-16H,17H2,1-3H3. The molecule has 0 unspecified atom stereocenters. The van der Waals surface area contributed by atoms with Gasteiger partial charge < -0.3 is 4.74 Å². The molecule has 0 aromatic heterocycles. The second kappa shape index (κ2) is 7.57. The Kier molecular flexibility index (Phi) is 5.22. The second-order valence-corrected chi connectivity index (χ2v) is 7.45. The zero-order chi connectivity index (χ0) is 18.6. The number of para-hydroxylation sites is 1. The van der Waals surface area contributed by atoms with Crippen LogP contribution in [0.15, 0.2) is 72.8 Å². The first-order valence-corrected chi connectivity index (χ1v) is 8.85. The summed E-state index contributed by atoms with van der Waals surface area (Å²) in [4.78, 5) is 11.2. The molecule has 0 fully saturated rings. The van der Waals surface area contributed by atoms with Crippen LogP contribution in [0.3, 0.4) is 0 Å². The summed E-state index contributed by atoms with van der Waals surface area (Å²) in [6, 6.07) is 24.0. The Hall–Kier alpha value is -2.87. The van der Waals surface area contributed by atoms with Crippen LogP contribution in [0, 0.1) is 0 Å². The van der Waals surface area contributed by atoms with Crippen molar-refractivity contribution in [3.05, 3.63) is 89.5 Å². The molecule has 132 valence electrons. The molecule has 0 N–H and O–H groups in total. The molecule has 0 saturated heterocycles. The third kappa shape index (κ3) is 4.02. The highest BCUT2D eigenvalue weighted by Gasteiger charge is 2.22. The fourth-order valence-corrected chi connectivity index (χ4v) is 3.02. The maximum Gasteiger partial charge on any atom is 0.150 e. The van der Waals surface area contributed by atoms with Crippen molar-refractivity contribution >= 4 is 6.29 Å². The summed E-state index contributed by atoms with van der Waals surface area (Å²) >= 11 is 0. The molecule has 2 heteroatoms. The predicted octanol–water partition coefficient (Wildman–Crippen LogP) is 6.04. The van der Waals surface area contributed by atoms with Crippen molar-refractivity contribution in [2.45, 2.75) is 32.8 Å². The highest BCUT2D eigenvalue weighted by atomic mass is 16.5. The van der Waals surface area contributed by atoms with Gasteiger partial charge in [0.05, 0.1) is 0 Å². The van der Waals surface area contributed by atoms with E-state index in [1.807, 2.05) is 42.5 Å². The molecule has 3 rings (SSSR count). The van der Waals surface area contributed by atoms with Gasteiger partial charge in [0, 0.05) is 16.7 Å². The van der Waals surface area contributed by atoms with Crippen LogP contribution in [0.4, 0.5) is 0 Å². The summed E-state index contributed by atoms with van der Waals surface area (Å²) in [5.41, 5.74) is 4.90. The van der Waals surface area contributed by atoms with Crippen LogP contribution in [-0.2, 0) is 12.0 Å². The number of rotatable bonds is 5. The van der Waals surface area contributed by atoms with E-state index in [0.29, 0.717) is 12.2 Å². The number of benzene rings is 3. The van der Waals surface area contributed by atoms with Gasteiger partial charge in [-0.15, -0.1) is 0 Å². The SMILES string of the molecule is CC(C)(C)c1cccc(-c2cccc(C=O)c2)c1OCc1ccccc1. The molecule has 0 heterocycles. The lowest BCUT2D eigenvalue weighted by Gasteiger charge is -2.25. The normalized spacial score (nSPS) is 11.2. The smallest absolute Gasteiger partial charge is 0.150 e. The Morgan fingerprint density at radius 2 is 1.62 bits per heavy atom. The topological polar surface area (TPSA) is 26.3 Å². The molecule has 3 aromatic carbocycles. The van der Waals surface area contributed by atoms with E-state index < -0.39 is 0 Å². The Morgan fingerprint density at radius 3 is 2.31 bits per heavy atom. The van der Waals surface area contributed by atoms with Crippen molar-refractivity contribution in [3.63, 3.8) is 0 Å². The number of hydrogen-bond donors (Lipinski definition) is 0. The average molecular weight is 344 g/mol. The fourth-order valence-electron chi connectivity index (χ4n) is 3.02. The van der Waals surface area contributed by atoms with Crippen LogP contribution in [0.5, 0.6) is 5.75 Å². The molecule has 0 saturated carbocycles. The van der Waals surface area contributed by atoms with Gasteiger partial charge in [-0.25, -0.2) is 0 Å². The molecule has 2 nitrogen and oxygen atoms in total. The van der Waals surface area contributed by atoms with Crippen molar-refractivity contribution in [2.24, 2.45) is 0 Å². The number of carbonyl (C=O) groups excluding carboxylic acids is 1. The third-order valence-electron chi connectivity index (χ3n) is 4.38. The molecular formula is C24H24O2. The van der Waals surface area contributed by atoms with Gasteiger partial charge in [-0.2, -0.15) is 0 Å². The van der Waals surface area contributed by atoms with Crippen molar-refractivity contribution < 1.29 is 9.53 Å². The van der Waals surface area contributed by atoms with Crippen LogP contribution >= 0.6 is 0 Å². The summed E-state index contributed by atoms with van der Waals surface area (Å²) in [7, 11) is 0. The van der Waals surface area contributed by atoms with Crippen LogP contribution < -0.4 is 4.74 Å². The molecule has 26 heavy (non-hydrogen) atoms. The van der Waals surface area contributed by atoms with Crippen LogP contribution in [0.25, 0.3) is 11.1 Å². The Labute approximate surface area is 155 Å². The lowest BCUT2D eigenvalue weighted by Crippen LogP contribution is -2.14. The van der Waals surface area contributed by atoms with Gasteiger partial charge in [0.2, 0.25) is 0 Å². The Morgan fingerprint density at radius 1 is 0.885 bits per heavy atom. The summed E-state index contributed by atoms with van der Waals surface area (Å²) in [5.74, 6) is 0.881. The van der Waals surface area contributed by atoms with Gasteiger partial charge >= 0.3 is 0 Å². The molecular weight excluding hydrogens is 320 g/mol. The first-order valence-electron chi connectivity index (χ1n) is 8.85. The monoisotopic (exact) mass is 344 g/mol. The minimum absolute atomic E-state index is 0.0513. The van der Waals surface area contributed by atoms with E-state index in [9.17, 15) is 4.79 Å². The first kappa shape index (κ1) is 17.9. The summed E-state index contributed by atoms with van der Waals surface area (Å²) in [6.07, 6.45) is 0.877. The number of ether oxygens (including phenoxy) is 1. The molecule has 3 aromatic rings. The van der Waals surface area contributed by atoms with E-state index >= 15 is 0 Å². The van der Waals surface area contributed by atoms with Crippen LogP contribution in [0.1, 0.15) is 42.3 Å². The van der Waals surface area contributed by atoms with E-state index in [1.54, 1.807) is 0 Å². The first-order chi connectivity index (χ1) is 12.5. The van der Waals surface area contributed by atoms with E-state index in [-0.39, 0.29) is 5.41 Å². The highest BCUT2D eigenvalue weighted by molar-refractivity contribution is 5.81.